The van der Waals surface area contributed by atoms with E-state index >= 15 is 0 Å². The summed E-state index contributed by atoms with van der Waals surface area (Å²) in [5.41, 5.74) is 11.2. The third-order valence-electron chi connectivity index (χ3n) is 8.15. The predicted octanol–water partition coefficient (Wildman–Crippen LogP) is 7.11. The zero-order valence-corrected chi connectivity index (χ0v) is 21.7. The second-order valence-electron chi connectivity index (χ2n) is 10.2. The number of nitrogens with zero attached hydrogens (tertiary/aromatic N) is 1. The normalized spacial score (nSPS) is 16.1. The van der Waals surface area contributed by atoms with Crippen LogP contribution in [0.25, 0.3) is 22.3 Å². The molecule has 4 heteroatoms. The maximum atomic E-state index is 13.5. The maximum absolute atomic E-state index is 13.5. The summed E-state index contributed by atoms with van der Waals surface area (Å²) in [6, 6.07) is 29.3. The summed E-state index contributed by atoms with van der Waals surface area (Å²) in [5.74, 6) is 0.388. The molecule has 1 saturated heterocycles. The first-order valence-electron chi connectivity index (χ1n) is 12.8. The minimum Gasteiger partial charge on any atom is -0.207 e. The van der Waals surface area contributed by atoms with Crippen molar-refractivity contribution in [3.8, 4) is 22.3 Å². The Morgan fingerprint density at radius 3 is 2.19 bits per heavy atom. The van der Waals surface area contributed by atoms with E-state index in [1.807, 2.05) is 24.3 Å². The molecule has 0 bridgehead atoms. The van der Waals surface area contributed by atoms with E-state index in [2.05, 4.69) is 68.4 Å². The van der Waals surface area contributed by atoms with Crippen molar-refractivity contribution in [1.29, 1.82) is 0 Å². The summed E-state index contributed by atoms with van der Waals surface area (Å²) < 4.78 is 28.7. The zero-order valence-electron chi connectivity index (χ0n) is 20.9. The molecule has 1 heterocycles. The van der Waals surface area contributed by atoms with Gasteiger partial charge in [-0.3, -0.25) is 0 Å². The smallest absolute Gasteiger partial charge is 0.207 e. The van der Waals surface area contributed by atoms with E-state index in [-0.39, 0.29) is 0 Å². The fraction of sp³-hybridized carbons (Fsp3) is 0.250. The second-order valence-corrected chi connectivity index (χ2v) is 12.1. The maximum Gasteiger partial charge on any atom is 0.243 e. The van der Waals surface area contributed by atoms with Gasteiger partial charge < -0.3 is 0 Å². The van der Waals surface area contributed by atoms with Crippen molar-refractivity contribution < 1.29 is 8.42 Å². The van der Waals surface area contributed by atoms with Crippen molar-refractivity contribution in [3.63, 3.8) is 0 Å². The zero-order chi connectivity index (χ0) is 24.9. The SMILES string of the molecule is Cc1cccc(-c2ccc(C3CCN(S(=O)(=O)c4ccc5c(c4)Cc4ccccc4-5)CC3)cc2)c1C. The van der Waals surface area contributed by atoms with Crippen LogP contribution in [-0.4, -0.2) is 25.8 Å². The van der Waals surface area contributed by atoms with Gasteiger partial charge in [0.1, 0.15) is 0 Å². The topological polar surface area (TPSA) is 37.4 Å². The third kappa shape index (κ3) is 3.99. The van der Waals surface area contributed by atoms with Crippen molar-refractivity contribution >= 4 is 10.0 Å². The van der Waals surface area contributed by atoms with Crippen molar-refractivity contribution in [2.75, 3.05) is 13.1 Å². The van der Waals surface area contributed by atoms with Crippen LogP contribution >= 0.6 is 0 Å². The molecule has 6 rings (SSSR count). The molecular weight excluding hydrogens is 462 g/mol. The summed E-state index contributed by atoms with van der Waals surface area (Å²) in [5, 5.41) is 0. The Kier molecular flexibility index (Phi) is 5.82. The van der Waals surface area contributed by atoms with E-state index in [0.29, 0.717) is 23.9 Å². The molecule has 1 aliphatic heterocycles. The molecule has 4 aromatic carbocycles. The fourth-order valence-corrected chi connectivity index (χ4v) is 7.38. The Balaban J connectivity index is 1.15. The number of hydrogen-bond donors (Lipinski definition) is 0. The molecule has 0 radical (unpaired) electrons. The van der Waals surface area contributed by atoms with E-state index in [1.54, 1.807) is 10.4 Å². The standard InChI is InChI=1S/C32H31NO2S/c1-22-6-5-9-30(23(22)2)26-12-10-24(11-13-26)25-16-18-33(19-17-25)36(34,35)29-14-15-32-28(21-29)20-27-7-3-4-8-31(27)32/h3-15,21,25H,16-20H2,1-2H3. The Hall–Kier alpha value is -3.21. The molecule has 0 spiro atoms. The lowest BCUT2D eigenvalue weighted by Gasteiger charge is -2.31. The van der Waals surface area contributed by atoms with Crippen LogP contribution in [0.3, 0.4) is 0 Å². The summed E-state index contributed by atoms with van der Waals surface area (Å²) in [6.07, 6.45) is 2.49. The van der Waals surface area contributed by atoms with Crippen LogP contribution in [0.15, 0.2) is 89.8 Å². The van der Waals surface area contributed by atoms with Gasteiger partial charge in [0.25, 0.3) is 0 Å². The molecule has 1 aliphatic carbocycles. The van der Waals surface area contributed by atoms with E-state index in [1.165, 1.54) is 38.9 Å². The molecule has 0 atom stereocenters. The van der Waals surface area contributed by atoms with Crippen LogP contribution < -0.4 is 0 Å². The summed E-state index contributed by atoms with van der Waals surface area (Å²) in [4.78, 5) is 0.422. The van der Waals surface area contributed by atoms with Crippen molar-refractivity contribution in [1.82, 2.24) is 4.31 Å². The number of benzene rings is 4. The van der Waals surface area contributed by atoms with Crippen LogP contribution in [0, 0.1) is 13.8 Å². The van der Waals surface area contributed by atoms with Gasteiger partial charge in [-0.25, -0.2) is 8.42 Å². The van der Waals surface area contributed by atoms with Gasteiger partial charge in [0.15, 0.2) is 0 Å². The van der Waals surface area contributed by atoms with Crippen molar-refractivity contribution in [2.45, 2.75) is 43.9 Å². The van der Waals surface area contributed by atoms with Crippen LogP contribution in [0.2, 0.25) is 0 Å². The third-order valence-corrected chi connectivity index (χ3v) is 10.0. The van der Waals surface area contributed by atoms with Gasteiger partial charge in [-0.1, -0.05) is 72.8 Å². The number of fused-ring (bicyclic) bond motifs is 3. The second kappa shape index (κ2) is 9.02. The van der Waals surface area contributed by atoms with Crippen LogP contribution in [-0.2, 0) is 16.4 Å². The summed E-state index contributed by atoms with van der Waals surface area (Å²) in [6.45, 7) is 5.44. The van der Waals surface area contributed by atoms with E-state index in [0.717, 1.165) is 30.4 Å². The average molecular weight is 494 g/mol. The Morgan fingerprint density at radius 1 is 0.722 bits per heavy atom. The highest BCUT2D eigenvalue weighted by Gasteiger charge is 2.31. The van der Waals surface area contributed by atoms with Gasteiger partial charge in [0.2, 0.25) is 10.0 Å². The van der Waals surface area contributed by atoms with Gasteiger partial charge in [-0.15, -0.1) is 0 Å². The van der Waals surface area contributed by atoms with Gasteiger partial charge in [0, 0.05) is 13.1 Å². The van der Waals surface area contributed by atoms with E-state index < -0.39 is 10.0 Å². The van der Waals surface area contributed by atoms with E-state index in [4.69, 9.17) is 0 Å². The fourth-order valence-electron chi connectivity index (χ4n) is 5.86. The molecule has 0 aromatic heterocycles. The molecular formula is C32H31NO2S. The average Bonchev–Trinajstić information content (AvgIpc) is 3.28. The predicted molar refractivity (Wildman–Crippen MR) is 147 cm³/mol. The van der Waals surface area contributed by atoms with Gasteiger partial charge in [-0.05, 0) is 101 Å². The summed E-state index contributed by atoms with van der Waals surface area (Å²) in [7, 11) is -3.49. The number of sulfonamides is 1. The van der Waals surface area contributed by atoms with E-state index in [9.17, 15) is 8.42 Å². The molecule has 0 N–H and O–H groups in total. The van der Waals surface area contributed by atoms with Crippen molar-refractivity contribution in [3.05, 3.63) is 113 Å². The first-order valence-corrected chi connectivity index (χ1v) is 14.2. The molecule has 0 saturated carbocycles. The van der Waals surface area contributed by atoms with Crippen LogP contribution in [0.1, 0.15) is 46.6 Å². The lowest BCUT2D eigenvalue weighted by molar-refractivity contribution is 0.319. The molecule has 3 nitrogen and oxygen atoms in total. The highest BCUT2D eigenvalue weighted by molar-refractivity contribution is 7.89. The molecule has 0 amide bonds. The number of aryl methyl sites for hydroxylation is 1. The Labute approximate surface area is 214 Å². The van der Waals surface area contributed by atoms with Gasteiger partial charge in [-0.2, -0.15) is 4.31 Å². The minimum atomic E-state index is -3.49. The Morgan fingerprint density at radius 2 is 1.42 bits per heavy atom. The minimum absolute atomic E-state index is 0.388. The molecule has 2 aliphatic rings. The molecule has 0 unspecified atom stereocenters. The largest absolute Gasteiger partial charge is 0.243 e. The Bertz CT molecular complexity index is 1550. The number of hydrogen-bond acceptors (Lipinski definition) is 2. The molecule has 1 fully saturated rings. The first-order chi connectivity index (χ1) is 17.4. The lowest BCUT2D eigenvalue weighted by atomic mass is 9.88. The molecule has 4 aromatic rings. The van der Waals surface area contributed by atoms with Gasteiger partial charge >= 0.3 is 0 Å². The monoisotopic (exact) mass is 493 g/mol. The molecule has 182 valence electrons. The van der Waals surface area contributed by atoms with Crippen molar-refractivity contribution in [2.24, 2.45) is 0 Å². The number of rotatable bonds is 4. The highest BCUT2D eigenvalue weighted by atomic mass is 32.2. The summed E-state index contributed by atoms with van der Waals surface area (Å²) >= 11 is 0. The first kappa shape index (κ1) is 23.2. The number of piperidine rings is 1. The molecule has 36 heavy (non-hydrogen) atoms. The van der Waals surface area contributed by atoms with Gasteiger partial charge in [0.05, 0.1) is 4.90 Å². The highest BCUT2D eigenvalue weighted by Crippen LogP contribution is 2.38. The lowest BCUT2D eigenvalue weighted by Crippen LogP contribution is -2.37. The van der Waals surface area contributed by atoms with Crippen LogP contribution in [0.5, 0.6) is 0 Å². The van der Waals surface area contributed by atoms with Crippen LogP contribution in [0.4, 0.5) is 0 Å². The quantitative estimate of drug-likeness (QED) is 0.268.